The van der Waals surface area contributed by atoms with E-state index in [4.69, 9.17) is 5.11 Å². The van der Waals surface area contributed by atoms with Crippen molar-refractivity contribution in [1.29, 1.82) is 0 Å². The highest BCUT2D eigenvalue weighted by Crippen LogP contribution is 2.27. The molecule has 0 saturated heterocycles. The highest BCUT2D eigenvalue weighted by molar-refractivity contribution is 5.96. The Labute approximate surface area is 117 Å². The lowest BCUT2D eigenvalue weighted by Crippen LogP contribution is -2.40. The van der Waals surface area contributed by atoms with E-state index in [0.29, 0.717) is 12.0 Å². The van der Waals surface area contributed by atoms with Crippen molar-refractivity contribution in [3.63, 3.8) is 0 Å². The molecule has 0 radical (unpaired) electrons. The Morgan fingerprint density at radius 2 is 2.15 bits per heavy atom. The molecule has 1 heterocycles. The van der Waals surface area contributed by atoms with Crippen LogP contribution in [0, 0.1) is 5.92 Å². The van der Waals surface area contributed by atoms with Crippen molar-refractivity contribution in [1.82, 2.24) is 5.32 Å². The molecule has 1 fully saturated rings. The fraction of sp³-hybridized carbons (Fsp3) is 0.467. The first-order valence-electron chi connectivity index (χ1n) is 7.05. The first-order chi connectivity index (χ1) is 9.65. The number of benzene rings is 1. The van der Waals surface area contributed by atoms with Crippen LogP contribution in [0.15, 0.2) is 18.2 Å². The third-order valence-corrected chi connectivity index (χ3v) is 4.23. The molecule has 1 saturated carbocycles. The molecule has 1 amide bonds. The highest BCUT2D eigenvalue weighted by Gasteiger charge is 2.34. The van der Waals surface area contributed by atoms with E-state index in [1.54, 1.807) is 0 Å². The van der Waals surface area contributed by atoms with Gasteiger partial charge < -0.3 is 15.7 Å². The Morgan fingerprint density at radius 3 is 2.95 bits per heavy atom. The van der Waals surface area contributed by atoms with Crippen molar-refractivity contribution in [2.75, 3.05) is 11.9 Å². The van der Waals surface area contributed by atoms with Crippen LogP contribution in [-0.4, -0.2) is 29.6 Å². The van der Waals surface area contributed by atoms with Gasteiger partial charge in [-0.2, -0.15) is 0 Å². The number of anilines is 1. The van der Waals surface area contributed by atoms with Crippen molar-refractivity contribution >= 4 is 17.6 Å². The van der Waals surface area contributed by atoms with Gasteiger partial charge in [0.05, 0.1) is 5.92 Å². The molecule has 2 atom stereocenters. The molecule has 1 aromatic carbocycles. The molecular weight excluding hydrogens is 256 g/mol. The summed E-state index contributed by atoms with van der Waals surface area (Å²) in [5.41, 5.74) is 2.83. The molecule has 0 bridgehead atoms. The van der Waals surface area contributed by atoms with Gasteiger partial charge in [-0.25, -0.2) is 0 Å². The fourth-order valence-corrected chi connectivity index (χ4v) is 3.11. The van der Waals surface area contributed by atoms with Crippen molar-refractivity contribution in [2.24, 2.45) is 5.92 Å². The molecule has 2 unspecified atom stereocenters. The SMILES string of the molecule is O=C(NC1CCCC1C(=O)O)c1ccc2c(c1)NCC2. The van der Waals surface area contributed by atoms with Gasteiger partial charge in [0.1, 0.15) is 0 Å². The number of carboxylic acid groups (broad SMARTS) is 1. The number of hydrogen-bond acceptors (Lipinski definition) is 3. The summed E-state index contributed by atoms with van der Waals surface area (Å²) < 4.78 is 0. The van der Waals surface area contributed by atoms with Crippen LogP contribution in [0.3, 0.4) is 0 Å². The Balaban J connectivity index is 1.71. The van der Waals surface area contributed by atoms with Crippen LogP contribution < -0.4 is 10.6 Å². The molecular formula is C15H18N2O3. The van der Waals surface area contributed by atoms with Gasteiger partial charge in [-0.05, 0) is 37.0 Å². The Kier molecular flexibility index (Phi) is 3.34. The van der Waals surface area contributed by atoms with Crippen molar-refractivity contribution in [2.45, 2.75) is 31.7 Å². The standard InChI is InChI=1S/C15H18N2O3/c18-14(17-12-3-1-2-11(12)15(19)20)10-5-4-9-6-7-16-13(9)8-10/h4-5,8,11-12,16H,1-3,6-7H2,(H,17,18)(H,19,20). The molecule has 0 spiro atoms. The van der Waals surface area contributed by atoms with E-state index in [0.717, 1.165) is 31.5 Å². The monoisotopic (exact) mass is 274 g/mol. The van der Waals surface area contributed by atoms with Gasteiger partial charge >= 0.3 is 5.97 Å². The molecule has 1 aromatic rings. The average Bonchev–Trinajstić information content (AvgIpc) is 3.05. The number of carbonyl (C=O) groups is 2. The molecule has 2 aliphatic rings. The van der Waals surface area contributed by atoms with Crippen LogP contribution in [-0.2, 0) is 11.2 Å². The number of fused-ring (bicyclic) bond motifs is 1. The van der Waals surface area contributed by atoms with E-state index in [-0.39, 0.29) is 11.9 Å². The molecule has 5 nitrogen and oxygen atoms in total. The normalized spacial score (nSPS) is 24.0. The number of nitrogens with one attached hydrogen (secondary N) is 2. The minimum atomic E-state index is -0.816. The predicted molar refractivity (Wildman–Crippen MR) is 74.9 cm³/mol. The molecule has 3 rings (SSSR count). The second-order valence-electron chi connectivity index (χ2n) is 5.50. The number of amides is 1. The Bertz CT molecular complexity index is 556. The summed E-state index contributed by atoms with van der Waals surface area (Å²) in [6.45, 7) is 0.907. The van der Waals surface area contributed by atoms with Gasteiger partial charge in [0.25, 0.3) is 5.91 Å². The quantitative estimate of drug-likeness (QED) is 0.783. The van der Waals surface area contributed by atoms with Crippen LogP contribution in [0.4, 0.5) is 5.69 Å². The Hall–Kier alpha value is -2.04. The summed E-state index contributed by atoms with van der Waals surface area (Å²) in [6, 6.07) is 5.38. The lowest BCUT2D eigenvalue weighted by atomic mass is 10.0. The van der Waals surface area contributed by atoms with Gasteiger partial charge in [-0.1, -0.05) is 12.5 Å². The molecule has 0 aromatic heterocycles. The van der Waals surface area contributed by atoms with E-state index in [2.05, 4.69) is 10.6 Å². The van der Waals surface area contributed by atoms with Crippen LogP contribution in [0.5, 0.6) is 0 Å². The molecule has 1 aliphatic carbocycles. The van der Waals surface area contributed by atoms with E-state index in [1.165, 1.54) is 5.56 Å². The van der Waals surface area contributed by atoms with Gasteiger partial charge in [-0.3, -0.25) is 9.59 Å². The van der Waals surface area contributed by atoms with Gasteiger partial charge in [0.2, 0.25) is 0 Å². The van der Waals surface area contributed by atoms with Gasteiger partial charge in [0.15, 0.2) is 0 Å². The van der Waals surface area contributed by atoms with Crippen molar-refractivity contribution in [3.8, 4) is 0 Å². The maximum absolute atomic E-state index is 12.2. The van der Waals surface area contributed by atoms with Crippen LogP contribution in [0.25, 0.3) is 0 Å². The number of hydrogen-bond donors (Lipinski definition) is 3. The van der Waals surface area contributed by atoms with Crippen LogP contribution in [0.1, 0.15) is 35.2 Å². The molecule has 5 heteroatoms. The van der Waals surface area contributed by atoms with Crippen LogP contribution in [0.2, 0.25) is 0 Å². The number of carbonyl (C=O) groups excluding carboxylic acids is 1. The smallest absolute Gasteiger partial charge is 0.308 e. The maximum Gasteiger partial charge on any atom is 0.308 e. The third kappa shape index (κ3) is 2.35. The molecule has 20 heavy (non-hydrogen) atoms. The minimum Gasteiger partial charge on any atom is -0.481 e. The third-order valence-electron chi connectivity index (χ3n) is 4.23. The first kappa shape index (κ1) is 13.0. The largest absolute Gasteiger partial charge is 0.481 e. The molecule has 1 aliphatic heterocycles. The number of carboxylic acids is 1. The summed E-state index contributed by atoms with van der Waals surface area (Å²) in [7, 11) is 0. The summed E-state index contributed by atoms with van der Waals surface area (Å²) in [6.07, 6.45) is 3.23. The fourth-order valence-electron chi connectivity index (χ4n) is 3.11. The Morgan fingerprint density at radius 1 is 1.30 bits per heavy atom. The van der Waals surface area contributed by atoms with Gasteiger partial charge in [-0.15, -0.1) is 0 Å². The number of aliphatic carboxylic acids is 1. The minimum absolute atomic E-state index is 0.181. The molecule has 106 valence electrons. The predicted octanol–water partition coefficient (Wildman–Crippen LogP) is 1.64. The summed E-state index contributed by atoms with van der Waals surface area (Å²) in [5, 5.41) is 15.2. The van der Waals surface area contributed by atoms with Crippen LogP contribution >= 0.6 is 0 Å². The lowest BCUT2D eigenvalue weighted by molar-refractivity contribution is -0.142. The number of rotatable bonds is 3. The van der Waals surface area contributed by atoms with Gasteiger partial charge in [0, 0.05) is 23.8 Å². The maximum atomic E-state index is 12.2. The molecule has 3 N–H and O–H groups in total. The van der Waals surface area contributed by atoms with Crippen molar-refractivity contribution in [3.05, 3.63) is 29.3 Å². The summed E-state index contributed by atoms with van der Waals surface area (Å²) >= 11 is 0. The zero-order valence-electron chi connectivity index (χ0n) is 11.2. The zero-order chi connectivity index (χ0) is 14.1. The van der Waals surface area contributed by atoms with E-state index < -0.39 is 11.9 Å². The highest BCUT2D eigenvalue weighted by atomic mass is 16.4. The second kappa shape index (κ2) is 5.15. The second-order valence-corrected chi connectivity index (χ2v) is 5.50. The zero-order valence-corrected chi connectivity index (χ0v) is 11.2. The lowest BCUT2D eigenvalue weighted by Gasteiger charge is -2.17. The van der Waals surface area contributed by atoms with E-state index >= 15 is 0 Å². The summed E-state index contributed by atoms with van der Waals surface area (Å²) in [5.74, 6) is -1.45. The van der Waals surface area contributed by atoms with Crippen molar-refractivity contribution < 1.29 is 14.7 Å². The summed E-state index contributed by atoms with van der Waals surface area (Å²) in [4.78, 5) is 23.4. The topological polar surface area (TPSA) is 78.4 Å². The van der Waals surface area contributed by atoms with E-state index in [1.807, 2.05) is 18.2 Å². The van der Waals surface area contributed by atoms with E-state index in [9.17, 15) is 9.59 Å². The average molecular weight is 274 g/mol. The first-order valence-corrected chi connectivity index (χ1v) is 7.05.